The molecule has 104 valence electrons. The number of carbonyl (C=O) groups excluding carboxylic acids is 1. The van der Waals surface area contributed by atoms with Gasteiger partial charge in [-0.1, -0.05) is 11.6 Å². The van der Waals surface area contributed by atoms with E-state index < -0.39 is 5.97 Å². The highest BCUT2D eigenvalue weighted by Crippen LogP contribution is 2.42. The van der Waals surface area contributed by atoms with Crippen molar-refractivity contribution in [2.24, 2.45) is 0 Å². The van der Waals surface area contributed by atoms with Gasteiger partial charge in [0, 0.05) is 11.2 Å². The van der Waals surface area contributed by atoms with Gasteiger partial charge < -0.3 is 4.74 Å². The van der Waals surface area contributed by atoms with Crippen LogP contribution in [0.25, 0.3) is 5.52 Å². The van der Waals surface area contributed by atoms with Crippen LogP contribution in [0.15, 0.2) is 29.2 Å². The van der Waals surface area contributed by atoms with Crippen molar-refractivity contribution < 1.29 is 9.53 Å². The molecule has 5 heteroatoms. The second kappa shape index (κ2) is 4.94. The molecule has 3 rings (SSSR count). The monoisotopic (exact) mass is 291 g/mol. The van der Waals surface area contributed by atoms with Crippen molar-refractivity contribution >= 4 is 23.1 Å². The fraction of sp³-hybridized carbons (Fsp3) is 0.333. The van der Waals surface area contributed by atoms with Crippen molar-refractivity contribution in [1.29, 1.82) is 0 Å². The highest BCUT2D eigenvalue weighted by molar-refractivity contribution is 6.30. The minimum atomic E-state index is -0.566. The summed E-state index contributed by atoms with van der Waals surface area (Å²) in [7, 11) is 0. The number of fused-ring (bicyclic) bond motifs is 1. The lowest BCUT2D eigenvalue weighted by Gasteiger charge is -2.10. The second-order valence-corrected chi connectivity index (χ2v) is 5.35. The zero-order chi connectivity index (χ0) is 14.3. The molecule has 0 N–H and O–H groups in total. The molecular formula is C15H14ClNO3. The van der Waals surface area contributed by atoms with Crippen LogP contribution >= 0.6 is 11.6 Å². The summed E-state index contributed by atoms with van der Waals surface area (Å²) in [6.07, 6.45) is 3.75. The summed E-state index contributed by atoms with van der Waals surface area (Å²) in [5.74, 6) is -0.166. The van der Waals surface area contributed by atoms with Crippen LogP contribution in [-0.4, -0.2) is 17.0 Å². The molecule has 0 atom stereocenters. The van der Waals surface area contributed by atoms with E-state index in [0.29, 0.717) is 10.9 Å². The summed E-state index contributed by atoms with van der Waals surface area (Å²) in [6.45, 7) is 1.97. The Kier molecular flexibility index (Phi) is 3.26. The highest BCUT2D eigenvalue weighted by Gasteiger charge is 2.28. The first-order valence-electron chi connectivity index (χ1n) is 6.63. The Morgan fingerprint density at radius 2 is 2.20 bits per heavy atom. The third-order valence-electron chi connectivity index (χ3n) is 3.47. The number of halogens is 1. The van der Waals surface area contributed by atoms with Crippen molar-refractivity contribution in [3.63, 3.8) is 0 Å². The lowest BCUT2D eigenvalue weighted by molar-refractivity contribution is 0.0524. The molecule has 0 amide bonds. The van der Waals surface area contributed by atoms with E-state index in [9.17, 15) is 9.59 Å². The third-order valence-corrected chi connectivity index (χ3v) is 3.71. The van der Waals surface area contributed by atoms with Crippen molar-refractivity contribution in [1.82, 2.24) is 4.40 Å². The molecule has 2 heterocycles. The van der Waals surface area contributed by atoms with Crippen LogP contribution in [0.1, 0.15) is 41.6 Å². The van der Waals surface area contributed by atoms with Gasteiger partial charge in [-0.15, -0.1) is 0 Å². The maximum absolute atomic E-state index is 12.4. The Morgan fingerprint density at radius 1 is 1.45 bits per heavy atom. The van der Waals surface area contributed by atoms with Gasteiger partial charge in [0.25, 0.3) is 5.56 Å². The molecule has 2 aromatic heterocycles. The molecule has 1 saturated carbocycles. The fourth-order valence-corrected chi connectivity index (χ4v) is 2.53. The Balaban J connectivity index is 2.28. The van der Waals surface area contributed by atoms with Gasteiger partial charge >= 0.3 is 5.97 Å². The Labute approximate surface area is 120 Å². The predicted octanol–water partition coefficient (Wildman–Crippen LogP) is 3.01. The molecular weight excluding hydrogens is 278 g/mol. The normalized spacial score (nSPS) is 14.5. The number of aromatic nitrogens is 1. The van der Waals surface area contributed by atoms with Gasteiger partial charge in [-0.25, -0.2) is 4.79 Å². The molecule has 0 radical (unpaired) electrons. The highest BCUT2D eigenvalue weighted by atomic mass is 35.5. The average molecular weight is 292 g/mol. The van der Waals surface area contributed by atoms with Gasteiger partial charge in [-0.3, -0.25) is 9.20 Å². The second-order valence-electron chi connectivity index (χ2n) is 4.91. The minimum absolute atomic E-state index is 0.0913. The SMILES string of the molecule is CCOC(=O)c1cc(C2CC2)c2cc(Cl)ccn2c1=O. The van der Waals surface area contributed by atoms with E-state index in [1.165, 1.54) is 4.40 Å². The number of rotatable bonds is 3. The van der Waals surface area contributed by atoms with Crippen LogP contribution in [0, 0.1) is 0 Å². The number of nitrogens with zero attached hydrogens (tertiary/aromatic N) is 1. The van der Waals surface area contributed by atoms with Gasteiger partial charge in [0.1, 0.15) is 5.56 Å². The van der Waals surface area contributed by atoms with Crippen LogP contribution in [0.4, 0.5) is 0 Å². The smallest absolute Gasteiger partial charge is 0.343 e. The number of esters is 1. The molecule has 0 bridgehead atoms. The maximum Gasteiger partial charge on any atom is 0.343 e. The Morgan fingerprint density at radius 3 is 2.85 bits per heavy atom. The van der Waals surface area contributed by atoms with Gasteiger partial charge in [-0.2, -0.15) is 0 Å². The number of pyridine rings is 2. The van der Waals surface area contributed by atoms with Crippen LogP contribution in [0.2, 0.25) is 5.02 Å². The molecule has 20 heavy (non-hydrogen) atoms. The van der Waals surface area contributed by atoms with Crippen molar-refractivity contribution in [3.8, 4) is 0 Å². The summed E-state index contributed by atoms with van der Waals surface area (Å²) in [5, 5.41) is 0.579. The fourth-order valence-electron chi connectivity index (χ4n) is 2.37. The van der Waals surface area contributed by atoms with E-state index in [2.05, 4.69) is 0 Å². The standard InChI is InChI=1S/C15H14ClNO3/c1-2-20-15(19)12-8-11(9-3-4-9)13-7-10(16)5-6-17(13)14(12)18/h5-9H,2-4H2,1H3. The van der Waals surface area contributed by atoms with Crippen LogP contribution < -0.4 is 5.56 Å². The molecule has 4 nitrogen and oxygen atoms in total. The van der Waals surface area contributed by atoms with Crippen molar-refractivity contribution in [2.75, 3.05) is 6.61 Å². The van der Waals surface area contributed by atoms with E-state index in [1.54, 1.807) is 31.3 Å². The van der Waals surface area contributed by atoms with Gasteiger partial charge in [-0.05, 0) is 49.4 Å². The van der Waals surface area contributed by atoms with Gasteiger partial charge in [0.15, 0.2) is 0 Å². The van der Waals surface area contributed by atoms with Gasteiger partial charge in [0.05, 0.1) is 12.1 Å². The maximum atomic E-state index is 12.4. The summed E-state index contributed by atoms with van der Waals surface area (Å²) >= 11 is 6.01. The largest absolute Gasteiger partial charge is 0.462 e. The topological polar surface area (TPSA) is 47.8 Å². The molecule has 0 aliphatic heterocycles. The molecule has 0 spiro atoms. The molecule has 0 saturated heterocycles. The predicted molar refractivity (Wildman–Crippen MR) is 76.6 cm³/mol. The van der Waals surface area contributed by atoms with Crippen LogP contribution in [0.5, 0.6) is 0 Å². The van der Waals surface area contributed by atoms with E-state index in [0.717, 1.165) is 23.9 Å². The van der Waals surface area contributed by atoms with Crippen LogP contribution in [-0.2, 0) is 4.74 Å². The third kappa shape index (κ3) is 2.20. The van der Waals surface area contributed by atoms with E-state index in [1.807, 2.05) is 0 Å². The van der Waals surface area contributed by atoms with E-state index in [-0.39, 0.29) is 17.7 Å². The number of carbonyl (C=O) groups is 1. The molecule has 2 aromatic rings. The summed E-state index contributed by atoms with van der Waals surface area (Å²) < 4.78 is 6.44. The summed E-state index contributed by atoms with van der Waals surface area (Å²) in [5.41, 5.74) is 1.50. The molecule has 0 aromatic carbocycles. The number of hydrogen-bond donors (Lipinski definition) is 0. The Hall–Kier alpha value is -1.81. The quantitative estimate of drug-likeness (QED) is 0.817. The average Bonchev–Trinajstić information content (AvgIpc) is 3.23. The van der Waals surface area contributed by atoms with Crippen LogP contribution in [0.3, 0.4) is 0 Å². The first-order valence-corrected chi connectivity index (χ1v) is 7.01. The lowest BCUT2D eigenvalue weighted by Crippen LogP contribution is -2.24. The summed E-state index contributed by atoms with van der Waals surface area (Å²) in [4.78, 5) is 24.3. The van der Waals surface area contributed by atoms with E-state index >= 15 is 0 Å². The summed E-state index contributed by atoms with van der Waals surface area (Å²) in [6, 6.07) is 5.08. The Bertz CT molecular complexity index is 747. The van der Waals surface area contributed by atoms with Gasteiger partial charge in [0.2, 0.25) is 0 Å². The first-order chi connectivity index (χ1) is 9.61. The van der Waals surface area contributed by atoms with E-state index in [4.69, 9.17) is 16.3 Å². The lowest BCUT2D eigenvalue weighted by atomic mass is 10.1. The van der Waals surface area contributed by atoms with Crippen molar-refractivity contribution in [2.45, 2.75) is 25.7 Å². The molecule has 1 fully saturated rings. The zero-order valence-corrected chi connectivity index (χ0v) is 11.8. The number of ether oxygens (including phenoxy) is 1. The molecule has 1 aliphatic carbocycles. The zero-order valence-electron chi connectivity index (χ0n) is 11.1. The minimum Gasteiger partial charge on any atom is -0.462 e. The molecule has 1 aliphatic rings. The van der Waals surface area contributed by atoms with Crippen molar-refractivity contribution in [3.05, 3.63) is 50.9 Å². The molecule has 0 unspecified atom stereocenters. The number of hydrogen-bond acceptors (Lipinski definition) is 3. The first kappa shape index (κ1) is 13.2.